The zero-order chi connectivity index (χ0) is 14.1. The van der Waals surface area contributed by atoms with Crippen molar-refractivity contribution in [2.24, 2.45) is 0 Å². The maximum atomic E-state index is 11.6. The van der Waals surface area contributed by atoms with Gasteiger partial charge in [-0.1, -0.05) is 33.1 Å². The molecule has 0 unspecified atom stereocenters. The molecule has 98 valence electrons. The predicted molar refractivity (Wildman–Crippen MR) is 72.5 cm³/mol. The van der Waals surface area contributed by atoms with Crippen LogP contribution in [0.25, 0.3) is 12.2 Å². The van der Waals surface area contributed by atoms with Gasteiger partial charge in [-0.05, 0) is 13.0 Å². The summed E-state index contributed by atoms with van der Waals surface area (Å²) in [6, 6.07) is 1.09. The van der Waals surface area contributed by atoms with Gasteiger partial charge in [0.05, 0.1) is 12.2 Å². The Morgan fingerprint density at radius 2 is 2.00 bits per heavy atom. The molecule has 0 amide bonds. The second-order valence-electron chi connectivity index (χ2n) is 2.88. The number of esters is 1. The van der Waals surface area contributed by atoms with Gasteiger partial charge in [0.15, 0.2) is 5.43 Å². The molecule has 0 atom stereocenters. The van der Waals surface area contributed by atoms with Gasteiger partial charge in [0, 0.05) is 6.07 Å². The first kappa shape index (κ1) is 15.9. The SMILES string of the molecule is C=Cc1oc(C(=O)OCC)cc(=O)c1C=C.CC. The molecule has 0 fully saturated rings. The van der Waals surface area contributed by atoms with Crippen molar-refractivity contribution in [1.82, 2.24) is 0 Å². The molecule has 0 aromatic carbocycles. The molecular formula is C14H18O4. The third-order valence-corrected chi connectivity index (χ3v) is 1.88. The number of rotatable bonds is 4. The molecule has 0 aliphatic heterocycles. The van der Waals surface area contributed by atoms with E-state index in [2.05, 4.69) is 13.2 Å². The average molecular weight is 250 g/mol. The van der Waals surface area contributed by atoms with Gasteiger partial charge in [-0.25, -0.2) is 4.79 Å². The molecular weight excluding hydrogens is 232 g/mol. The Hall–Kier alpha value is -2.10. The highest BCUT2D eigenvalue weighted by Crippen LogP contribution is 2.11. The third kappa shape index (κ3) is 3.73. The summed E-state index contributed by atoms with van der Waals surface area (Å²) in [4.78, 5) is 22.9. The number of ether oxygens (including phenoxy) is 1. The van der Waals surface area contributed by atoms with E-state index in [1.807, 2.05) is 13.8 Å². The zero-order valence-corrected chi connectivity index (χ0v) is 11.0. The van der Waals surface area contributed by atoms with Crippen LogP contribution in [0.3, 0.4) is 0 Å². The lowest BCUT2D eigenvalue weighted by Crippen LogP contribution is -2.12. The van der Waals surface area contributed by atoms with Gasteiger partial charge in [0.2, 0.25) is 5.76 Å². The second-order valence-corrected chi connectivity index (χ2v) is 2.88. The molecule has 0 saturated heterocycles. The summed E-state index contributed by atoms with van der Waals surface area (Å²) in [6.45, 7) is 12.9. The lowest BCUT2D eigenvalue weighted by atomic mass is 10.2. The van der Waals surface area contributed by atoms with Crippen LogP contribution in [0, 0.1) is 0 Å². The van der Waals surface area contributed by atoms with Crippen molar-refractivity contribution in [3.63, 3.8) is 0 Å². The molecule has 0 N–H and O–H groups in total. The monoisotopic (exact) mass is 250 g/mol. The van der Waals surface area contributed by atoms with Crippen LogP contribution in [-0.2, 0) is 4.74 Å². The van der Waals surface area contributed by atoms with Gasteiger partial charge >= 0.3 is 5.97 Å². The van der Waals surface area contributed by atoms with Gasteiger partial charge in [-0.15, -0.1) is 0 Å². The molecule has 1 aromatic heterocycles. The second kappa shape index (κ2) is 8.06. The maximum Gasteiger partial charge on any atom is 0.374 e. The molecule has 1 aromatic rings. The molecule has 0 aliphatic carbocycles. The van der Waals surface area contributed by atoms with E-state index < -0.39 is 5.97 Å². The molecule has 0 aliphatic rings. The van der Waals surface area contributed by atoms with Gasteiger partial charge in [-0.3, -0.25) is 4.79 Å². The van der Waals surface area contributed by atoms with Crippen molar-refractivity contribution in [2.75, 3.05) is 6.61 Å². The van der Waals surface area contributed by atoms with Crippen LogP contribution in [0.2, 0.25) is 0 Å². The standard InChI is InChI=1S/C12H12O4.C2H6/c1-4-8-9(13)7-11(12(14)15-6-3)16-10(8)5-2;1-2/h4-5,7H,1-2,6H2,3H3;1-2H3. The number of hydrogen-bond donors (Lipinski definition) is 0. The molecule has 4 heteroatoms. The highest BCUT2D eigenvalue weighted by molar-refractivity contribution is 5.86. The van der Waals surface area contributed by atoms with E-state index in [0.29, 0.717) is 0 Å². The first-order valence-corrected chi connectivity index (χ1v) is 5.74. The largest absolute Gasteiger partial charge is 0.460 e. The molecule has 1 heterocycles. The van der Waals surface area contributed by atoms with Crippen LogP contribution in [0.1, 0.15) is 42.6 Å². The molecule has 0 bridgehead atoms. The van der Waals surface area contributed by atoms with E-state index in [4.69, 9.17) is 9.15 Å². The van der Waals surface area contributed by atoms with E-state index in [-0.39, 0.29) is 29.1 Å². The summed E-state index contributed by atoms with van der Waals surface area (Å²) in [5.41, 5.74) is -0.0674. The first-order chi connectivity index (χ1) is 8.63. The molecule has 0 radical (unpaired) electrons. The Morgan fingerprint density at radius 3 is 2.44 bits per heavy atom. The zero-order valence-electron chi connectivity index (χ0n) is 11.0. The molecule has 4 nitrogen and oxygen atoms in total. The van der Waals surface area contributed by atoms with Gasteiger partial charge in [0.25, 0.3) is 0 Å². The average Bonchev–Trinajstić information content (AvgIpc) is 2.40. The van der Waals surface area contributed by atoms with Crippen molar-refractivity contribution >= 4 is 18.1 Å². The minimum absolute atomic E-state index is 0.132. The summed E-state index contributed by atoms with van der Waals surface area (Å²) >= 11 is 0. The smallest absolute Gasteiger partial charge is 0.374 e. The van der Waals surface area contributed by atoms with Crippen LogP contribution in [0.4, 0.5) is 0 Å². The maximum absolute atomic E-state index is 11.6. The van der Waals surface area contributed by atoms with Crippen molar-refractivity contribution in [3.05, 3.63) is 46.5 Å². The fourth-order valence-electron chi connectivity index (χ4n) is 1.18. The highest BCUT2D eigenvalue weighted by atomic mass is 16.5. The van der Waals surface area contributed by atoms with Gasteiger partial charge < -0.3 is 9.15 Å². The quantitative estimate of drug-likeness (QED) is 0.770. The van der Waals surface area contributed by atoms with E-state index in [1.165, 1.54) is 12.2 Å². The number of hydrogen-bond acceptors (Lipinski definition) is 4. The fraction of sp³-hybridized carbons (Fsp3) is 0.286. The summed E-state index contributed by atoms with van der Waals surface area (Å²) in [5, 5.41) is 0. The Balaban J connectivity index is 0.00000137. The molecule has 1 rings (SSSR count). The normalized spacial score (nSPS) is 8.83. The summed E-state index contributed by atoms with van der Waals surface area (Å²) in [6.07, 6.45) is 2.71. The Bertz CT molecular complexity index is 483. The molecule has 0 saturated carbocycles. The van der Waals surface area contributed by atoms with Crippen LogP contribution in [0.15, 0.2) is 28.4 Å². The summed E-state index contributed by atoms with van der Waals surface area (Å²) in [7, 11) is 0. The predicted octanol–water partition coefficient (Wildman–Crippen LogP) is 3.13. The number of carbonyl (C=O) groups excluding carboxylic acids is 1. The minimum Gasteiger partial charge on any atom is -0.460 e. The topological polar surface area (TPSA) is 56.5 Å². The van der Waals surface area contributed by atoms with Crippen molar-refractivity contribution in [1.29, 1.82) is 0 Å². The molecule has 0 spiro atoms. The van der Waals surface area contributed by atoms with E-state index in [1.54, 1.807) is 6.92 Å². The Kier molecular flexibility index (Phi) is 7.12. The van der Waals surface area contributed by atoms with Crippen molar-refractivity contribution < 1.29 is 13.9 Å². The van der Waals surface area contributed by atoms with E-state index >= 15 is 0 Å². The highest BCUT2D eigenvalue weighted by Gasteiger charge is 2.14. The van der Waals surface area contributed by atoms with Gasteiger partial charge in [-0.2, -0.15) is 0 Å². The van der Waals surface area contributed by atoms with Crippen molar-refractivity contribution in [3.8, 4) is 0 Å². The van der Waals surface area contributed by atoms with Crippen LogP contribution in [0.5, 0.6) is 0 Å². The van der Waals surface area contributed by atoms with E-state index in [0.717, 1.165) is 6.07 Å². The van der Waals surface area contributed by atoms with Crippen LogP contribution in [-0.4, -0.2) is 12.6 Å². The van der Waals surface area contributed by atoms with E-state index in [9.17, 15) is 9.59 Å². The lowest BCUT2D eigenvalue weighted by molar-refractivity contribution is 0.0486. The van der Waals surface area contributed by atoms with Crippen LogP contribution < -0.4 is 5.43 Å². The first-order valence-electron chi connectivity index (χ1n) is 5.74. The minimum atomic E-state index is -0.668. The Morgan fingerprint density at radius 1 is 1.39 bits per heavy atom. The summed E-state index contributed by atoms with van der Waals surface area (Å²) < 4.78 is 9.90. The Labute approximate surface area is 107 Å². The lowest BCUT2D eigenvalue weighted by Gasteiger charge is -2.03. The van der Waals surface area contributed by atoms with Gasteiger partial charge in [0.1, 0.15) is 5.76 Å². The van der Waals surface area contributed by atoms with Crippen molar-refractivity contribution in [2.45, 2.75) is 20.8 Å². The third-order valence-electron chi connectivity index (χ3n) is 1.88. The van der Waals surface area contributed by atoms with Crippen LogP contribution >= 0.6 is 0 Å². The molecule has 18 heavy (non-hydrogen) atoms. The fourth-order valence-corrected chi connectivity index (χ4v) is 1.18. The summed E-state index contributed by atoms with van der Waals surface area (Å²) in [5.74, 6) is -0.587. The number of carbonyl (C=O) groups is 1.